The van der Waals surface area contributed by atoms with Crippen LogP contribution in [-0.4, -0.2) is 5.11 Å². The van der Waals surface area contributed by atoms with Crippen LogP contribution in [0, 0.1) is 12.4 Å². The van der Waals surface area contributed by atoms with Crippen molar-refractivity contribution in [2.75, 3.05) is 0 Å². The van der Waals surface area contributed by atoms with Crippen LogP contribution < -0.4 is 0 Å². The van der Waals surface area contributed by atoms with Crippen LogP contribution in [0.2, 0.25) is 0 Å². The number of aliphatic hydroxyl groups is 1. The SMILES string of the molecule is [C-]#[N+]c1ccc(C(O)c2ccc(F)cc2)cc1. The van der Waals surface area contributed by atoms with Crippen LogP contribution >= 0.6 is 0 Å². The molecule has 0 aliphatic carbocycles. The monoisotopic (exact) mass is 227 g/mol. The first-order valence-corrected chi connectivity index (χ1v) is 5.11. The summed E-state index contributed by atoms with van der Waals surface area (Å²) in [4.78, 5) is 3.27. The van der Waals surface area contributed by atoms with Gasteiger partial charge in [-0.25, -0.2) is 9.24 Å². The lowest BCUT2D eigenvalue weighted by atomic mass is 10.0. The van der Waals surface area contributed by atoms with E-state index in [1.54, 1.807) is 36.4 Å². The standard InChI is InChI=1S/C14H10FNO/c1-16-13-8-4-11(5-9-13)14(17)10-2-6-12(15)7-3-10/h2-9,14,17H. The minimum atomic E-state index is -0.796. The first-order valence-electron chi connectivity index (χ1n) is 5.11. The van der Waals surface area contributed by atoms with Crippen LogP contribution in [0.3, 0.4) is 0 Å². The van der Waals surface area contributed by atoms with Gasteiger partial charge in [-0.3, -0.25) is 0 Å². The van der Waals surface area contributed by atoms with Crippen molar-refractivity contribution >= 4 is 5.69 Å². The molecule has 0 spiro atoms. The van der Waals surface area contributed by atoms with Gasteiger partial charge in [0.2, 0.25) is 0 Å². The van der Waals surface area contributed by atoms with Crippen LogP contribution in [-0.2, 0) is 0 Å². The van der Waals surface area contributed by atoms with Gasteiger partial charge in [0, 0.05) is 0 Å². The molecule has 84 valence electrons. The minimum Gasteiger partial charge on any atom is -0.384 e. The molecule has 0 saturated carbocycles. The van der Waals surface area contributed by atoms with Crippen molar-refractivity contribution in [3.8, 4) is 0 Å². The van der Waals surface area contributed by atoms with Crippen LogP contribution in [0.1, 0.15) is 17.2 Å². The van der Waals surface area contributed by atoms with Crippen molar-refractivity contribution in [2.45, 2.75) is 6.10 Å². The van der Waals surface area contributed by atoms with Crippen molar-refractivity contribution in [3.63, 3.8) is 0 Å². The Balaban J connectivity index is 2.27. The lowest BCUT2D eigenvalue weighted by Crippen LogP contribution is -1.99. The molecule has 0 heterocycles. The van der Waals surface area contributed by atoms with Crippen LogP contribution in [0.25, 0.3) is 4.85 Å². The molecule has 2 aromatic rings. The minimum absolute atomic E-state index is 0.329. The van der Waals surface area contributed by atoms with Gasteiger partial charge in [0.05, 0.1) is 6.57 Å². The van der Waals surface area contributed by atoms with E-state index < -0.39 is 6.10 Å². The number of rotatable bonds is 2. The van der Waals surface area contributed by atoms with Crippen LogP contribution in [0.5, 0.6) is 0 Å². The van der Waals surface area contributed by atoms with Crippen molar-refractivity contribution in [2.24, 2.45) is 0 Å². The molecule has 0 amide bonds. The summed E-state index contributed by atoms with van der Waals surface area (Å²) in [5.41, 5.74) is 1.84. The first kappa shape index (κ1) is 11.3. The first-order chi connectivity index (χ1) is 8.20. The third kappa shape index (κ3) is 2.49. The highest BCUT2D eigenvalue weighted by atomic mass is 19.1. The van der Waals surface area contributed by atoms with Gasteiger partial charge in [0.1, 0.15) is 11.9 Å². The molecule has 0 aromatic heterocycles. The Hall–Kier alpha value is -2.18. The summed E-state index contributed by atoms with van der Waals surface area (Å²) in [6.45, 7) is 6.83. The third-order valence-electron chi connectivity index (χ3n) is 2.52. The predicted molar refractivity (Wildman–Crippen MR) is 63.2 cm³/mol. The Kier molecular flexibility index (Phi) is 3.17. The molecule has 0 aliphatic rings. The van der Waals surface area contributed by atoms with Gasteiger partial charge in [-0.05, 0) is 23.3 Å². The lowest BCUT2D eigenvalue weighted by Gasteiger charge is -2.11. The van der Waals surface area contributed by atoms with E-state index in [4.69, 9.17) is 6.57 Å². The molecular weight excluding hydrogens is 217 g/mol. The summed E-state index contributed by atoms with van der Waals surface area (Å²) < 4.78 is 12.7. The molecule has 2 rings (SSSR count). The van der Waals surface area contributed by atoms with E-state index >= 15 is 0 Å². The number of hydrogen-bond acceptors (Lipinski definition) is 1. The number of aliphatic hydroxyl groups excluding tert-OH is 1. The van der Waals surface area contributed by atoms with Gasteiger partial charge < -0.3 is 5.11 Å². The van der Waals surface area contributed by atoms with E-state index in [-0.39, 0.29) is 5.82 Å². The van der Waals surface area contributed by atoms with Gasteiger partial charge in [-0.2, -0.15) is 0 Å². The predicted octanol–water partition coefficient (Wildman–Crippen LogP) is 3.46. The van der Waals surface area contributed by atoms with Gasteiger partial charge in [0.15, 0.2) is 5.69 Å². The molecule has 0 fully saturated rings. The quantitative estimate of drug-likeness (QED) is 0.781. The molecule has 0 aliphatic heterocycles. The molecule has 0 radical (unpaired) electrons. The second-order valence-corrected chi connectivity index (χ2v) is 3.66. The molecule has 2 aromatic carbocycles. The number of nitrogens with zero attached hydrogens (tertiary/aromatic N) is 1. The summed E-state index contributed by atoms with van der Waals surface area (Å²) in [5, 5.41) is 10.0. The molecule has 1 unspecified atom stereocenters. The fourth-order valence-electron chi connectivity index (χ4n) is 1.57. The second kappa shape index (κ2) is 4.77. The molecule has 0 saturated heterocycles. The van der Waals surface area contributed by atoms with E-state index in [2.05, 4.69) is 4.85 Å². The summed E-state index contributed by atoms with van der Waals surface area (Å²) in [5.74, 6) is -0.329. The highest BCUT2D eigenvalue weighted by Gasteiger charge is 2.09. The largest absolute Gasteiger partial charge is 0.384 e. The van der Waals surface area contributed by atoms with E-state index in [1.807, 2.05) is 0 Å². The molecular formula is C14H10FNO. The zero-order chi connectivity index (χ0) is 12.3. The maximum atomic E-state index is 12.7. The molecule has 0 bridgehead atoms. The van der Waals surface area contributed by atoms with E-state index in [1.165, 1.54) is 12.1 Å². The summed E-state index contributed by atoms with van der Waals surface area (Å²) in [7, 11) is 0. The van der Waals surface area contributed by atoms with E-state index in [9.17, 15) is 9.50 Å². The zero-order valence-electron chi connectivity index (χ0n) is 8.97. The maximum absolute atomic E-state index is 12.7. The molecule has 3 heteroatoms. The molecule has 2 nitrogen and oxygen atoms in total. The summed E-state index contributed by atoms with van der Waals surface area (Å²) in [6, 6.07) is 12.4. The van der Waals surface area contributed by atoms with Gasteiger partial charge in [-0.15, -0.1) is 0 Å². The topological polar surface area (TPSA) is 24.6 Å². The van der Waals surface area contributed by atoms with Crippen molar-refractivity contribution in [1.29, 1.82) is 0 Å². The Morgan fingerprint density at radius 3 is 1.88 bits per heavy atom. The highest BCUT2D eigenvalue weighted by Crippen LogP contribution is 2.24. The van der Waals surface area contributed by atoms with Crippen molar-refractivity contribution in [3.05, 3.63) is 76.9 Å². The number of halogens is 1. The molecule has 1 atom stereocenters. The summed E-state index contributed by atoms with van der Waals surface area (Å²) in [6.07, 6.45) is -0.796. The zero-order valence-corrected chi connectivity index (χ0v) is 8.97. The van der Waals surface area contributed by atoms with Gasteiger partial charge in [0.25, 0.3) is 0 Å². The smallest absolute Gasteiger partial charge is 0.187 e. The van der Waals surface area contributed by atoms with E-state index in [0.717, 1.165) is 0 Å². The number of benzene rings is 2. The van der Waals surface area contributed by atoms with E-state index in [0.29, 0.717) is 16.8 Å². The van der Waals surface area contributed by atoms with Gasteiger partial charge in [-0.1, -0.05) is 36.4 Å². The Morgan fingerprint density at radius 2 is 1.41 bits per heavy atom. The highest BCUT2D eigenvalue weighted by molar-refractivity contribution is 5.46. The molecule has 17 heavy (non-hydrogen) atoms. The maximum Gasteiger partial charge on any atom is 0.187 e. The Bertz CT molecular complexity index is 540. The van der Waals surface area contributed by atoms with Crippen molar-refractivity contribution < 1.29 is 9.50 Å². The second-order valence-electron chi connectivity index (χ2n) is 3.66. The summed E-state index contributed by atoms with van der Waals surface area (Å²) >= 11 is 0. The fourth-order valence-corrected chi connectivity index (χ4v) is 1.57. The Labute approximate surface area is 98.8 Å². The fraction of sp³-hybridized carbons (Fsp3) is 0.0714. The number of hydrogen-bond donors (Lipinski definition) is 1. The van der Waals surface area contributed by atoms with Crippen LogP contribution in [0.15, 0.2) is 48.5 Å². The van der Waals surface area contributed by atoms with Crippen LogP contribution in [0.4, 0.5) is 10.1 Å². The van der Waals surface area contributed by atoms with Crippen molar-refractivity contribution in [1.82, 2.24) is 0 Å². The third-order valence-corrected chi connectivity index (χ3v) is 2.52. The lowest BCUT2D eigenvalue weighted by molar-refractivity contribution is 0.220. The average Bonchev–Trinajstić information content (AvgIpc) is 2.39. The normalized spacial score (nSPS) is 11.8. The molecule has 1 N–H and O–H groups in total. The average molecular weight is 227 g/mol. The van der Waals surface area contributed by atoms with Gasteiger partial charge >= 0.3 is 0 Å². The Morgan fingerprint density at radius 1 is 0.941 bits per heavy atom.